The molecule has 4 nitrogen and oxygen atoms in total. The van der Waals surface area contributed by atoms with Gasteiger partial charge in [0, 0.05) is 19.2 Å². The highest BCUT2D eigenvalue weighted by Gasteiger charge is 2.30. The van der Waals surface area contributed by atoms with Crippen molar-refractivity contribution in [2.24, 2.45) is 0 Å². The molecule has 0 bridgehead atoms. The van der Waals surface area contributed by atoms with Crippen LogP contribution in [0.1, 0.15) is 31.5 Å². The number of rotatable bonds is 5. The summed E-state index contributed by atoms with van der Waals surface area (Å²) in [4.78, 5) is 15.2. The van der Waals surface area contributed by atoms with Gasteiger partial charge < -0.3 is 0 Å². The Morgan fingerprint density at radius 3 is 2.47 bits per heavy atom. The Morgan fingerprint density at radius 2 is 2.05 bits per heavy atom. The molecule has 0 spiro atoms. The highest BCUT2D eigenvalue weighted by atomic mass is 19.4. The summed E-state index contributed by atoms with van der Waals surface area (Å²) < 4.78 is 37.0. The summed E-state index contributed by atoms with van der Waals surface area (Å²) in [6.45, 7) is 4.23. The molecule has 1 aromatic heterocycles. The molecule has 19 heavy (non-hydrogen) atoms. The maximum absolute atomic E-state index is 12.3. The molecule has 1 heterocycles. The van der Waals surface area contributed by atoms with Gasteiger partial charge in [-0.15, -0.1) is 0 Å². The molecule has 0 saturated heterocycles. The summed E-state index contributed by atoms with van der Waals surface area (Å²) >= 11 is 0. The average molecular weight is 275 g/mol. The predicted molar refractivity (Wildman–Crippen MR) is 63.8 cm³/mol. The molecule has 0 aliphatic carbocycles. The Morgan fingerprint density at radius 1 is 1.37 bits per heavy atom. The molecular weight excluding hydrogens is 259 g/mol. The molecule has 0 aliphatic rings. The smallest absolute Gasteiger partial charge is 0.278 e. The Kier molecular flexibility index (Phi) is 5.29. The molecule has 0 aliphatic heterocycles. The molecule has 1 rings (SSSR count). The molecule has 0 saturated carbocycles. The van der Waals surface area contributed by atoms with Crippen LogP contribution < -0.4 is 5.43 Å². The first-order valence-corrected chi connectivity index (χ1v) is 5.94. The zero-order valence-electron chi connectivity index (χ0n) is 10.8. The summed E-state index contributed by atoms with van der Waals surface area (Å²) in [6, 6.07) is 2.27. The lowest BCUT2D eigenvalue weighted by atomic mass is 10.2. The molecule has 1 aromatic rings. The van der Waals surface area contributed by atoms with Gasteiger partial charge in [0.25, 0.3) is 0 Å². The molecule has 0 fully saturated rings. The third-order valence-electron chi connectivity index (χ3n) is 2.52. The Labute approximate surface area is 109 Å². The van der Waals surface area contributed by atoms with E-state index in [1.165, 1.54) is 11.1 Å². The number of hydrogen-bond donors (Lipinski definition) is 1. The largest absolute Gasteiger partial charge is 0.417 e. The van der Waals surface area contributed by atoms with Crippen molar-refractivity contribution in [1.29, 1.82) is 0 Å². The lowest BCUT2D eigenvalue weighted by Gasteiger charge is -2.21. The van der Waals surface area contributed by atoms with Gasteiger partial charge in [0.2, 0.25) is 5.91 Å². The van der Waals surface area contributed by atoms with Crippen LogP contribution in [-0.2, 0) is 17.5 Å². The number of halogens is 3. The first-order valence-electron chi connectivity index (χ1n) is 5.94. The van der Waals surface area contributed by atoms with Crippen LogP contribution in [-0.4, -0.2) is 22.4 Å². The molecular formula is C12H16F3N3O. The molecule has 106 valence electrons. The topological polar surface area (TPSA) is 45.2 Å². The number of hydrogen-bond acceptors (Lipinski definition) is 3. The third-order valence-corrected chi connectivity index (χ3v) is 2.52. The van der Waals surface area contributed by atoms with Crippen molar-refractivity contribution in [2.45, 2.75) is 33.0 Å². The zero-order valence-corrected chi connectivity index (χ0v) is 10.8. The van der Waals surface area contributed by atoms with E-state index in [-0.39, 0.29) is 12.5 Å². The van der Waals surface area contributed by atoms with Gasteiger partial charge in [-0.2, -0.15) is 13.2 Å². The number of carbonyl (C=O) groups excluding carboxylic acids is 1. The van der Waals surface area contributed by atoms with Gasteiger partial charge in [0.15, 0.2) is 0 Å². The van der Waals surface area contributed by atoms with Crippen molar-refractivity contribution < 1.29 is 18.0 Å². The monoisotopic (exact) mass is 275 g/mol. The second-order valence-electron chi connectivity index (χ2n) is 3.86. The van der Waals surface area contributed by atoms with Crippen LogP contribution in [0.2, 0.25) is 0 Å². The van der Waals surface area contributed by atoms with E-state index < -0.39 is 11.7 Å². The van der Waals surface area contributed by atoms with Crippen LogP contribution in [0.3, 0.4) is 0 Å². The number of carbonyl (C=O) groups is 1. The minimum Gasteiger partial charge on any atom is -0.278 e. The zero-order chi connectivity index (χ0) is 14.5. The number of nitrogens with zero attached hydrogens (tertiary/aromatic N) is 2. The molecule has 0 radical (unpaired) electrons. The van der Waals surface area contributed by atoms with Crippen LogP contribution in [0.4, 0.5) is 13.2 Å². The fourth-order valence-corrected chi connectivity index (χ4v) is 1.44. The van der Waals surface area contributed by atoms with Crippen molar-refractivity contribution in [1.82, 2.24) is 15.4 Å². The number of aromatic nitrogens is 1. The Bertz CT molecular complexity index is 417. The van der Waals surface area contributed by atoms with E-state index in [4.69, 9.17) is 0 Å². The van der Waals surface area contributed by atoms with E-state index in [1.807, 2.05) is 0 Å². The van der Waals surface area contributed by atoms with Gasteiger partial charge in [-0.05, 0) is 19.1 Å². The Balaban J connectivity index is 2.61. The minimum atomic E-state index is -4.38. The highest BCUT2D eigenvalue weighted by molar-refractivity contribution is 5.75. The Hall–Kier alpha value is -1.63. The van der Waals surface area contributed by atoms with Crippen molar-refractivity contribution >= 4 is 5.91 Å². The summed E-state index contributed by atoms with van der Waals surface area (Å²) in [6.07, 6.45) is -3.23. The second kappa shape index (κ2) is 6.51. The lowest BCUT2D eigenvalue weighted by molar-refractivity contribution is -0.137. The summed E-state index contributed by atoms with van der Waals surface area (Å²) in [5.41, 5.74) is 2.49. The number of alkyl halides is 3. The number of hydrazine groups is 1. The highest BCUT2D eigenvalue weighted by Crippen LogP contribution is 2.28. The lowest BCUT2D eigenvalue weighted by Crippen LogP contribution is -2.42. The minimum absolute atomic E-state index is 0.0746. The van der Waals surface area contributed by atoms with Crippen molar-refractivity contribution in [3.8, 4) is 0 Å². The quantitative estimate of drug-likeness (QED) is 0.839. The van der Waals surface area contributed by atoms with E-state index in [0.717, 1.165) is 12.3 Å². The van der Waals surface area contributed by atoms with Gasteiger partial charge in [-0.3, -0.25) is 14.8 Å². The van der Waals surface area contributed by atoms with Crippen molar-refractivity contribution in [3.05, 3.63) is 29.6 Å². The fraction of sp³-hybridized carbons (Fsp3) is 0.500. The van der Waals surface area contributed by atoms with Gasteiger partial charge in [0.1, 0.15) is 0 Å². The van der Waals surface area contributed by atoms with E-state index in [1.54, 1.807) is 13.8 Å². The summed E-state index contributed by atoms with van der Waals surface area (Å²) in [5.74, 6) is -0.0746. The third kappa shape index (κ3) is 4.51. The van der Waals surface area contributed by atoms with E-state index in [9.17, 15) is 18.0 Å². The maximum atomic E-state index is 12.3. The number of nitrogens with one attached hydrogen (secondary N) is 1. The molecule has 1 amide bonds. The summed E-state index contributed by atoms with van der Waals surface area (Å²) in [5, 5.41) is 1.42. The van der Waals surface area contributed by atoms with Crippen LogP contribution >= 0.6 is 0 Å². The number of amides is 1. The van der Waals surface area contributed by atoms with Gasteiger partial charge in [-0.1, -0.05) is 6.92 Å². The molecule has 1 N–H and O–H groups in total. The fourth-order valence-electron chi connectivity index (χ4n) is 1.44. The van der Waals surface area contributed by atoms with Crippen LogP contribution in [0.5, 0.6) is 0 Å². The van der Waals surface area contributed by atoms with Gasteiger partial charge in [0.05, 0.1) is 17.8 Å². The molecule has 0 atom stereocenters. The van der Waals surface area contributed by atoms with Crippen LogP contribution in [0, 0.1) is 0 Å². The standard InChI is InChI=1S/C12H16F3N3O/c1-3-11(19)18(4-2)17-8-10-6-5-9(7-16-10)12(13,14)15/h5-7,17H,3-4,8H2,1-2H3. The molecule has 0 aromatic carbocycles. The van der Waals surface area contributed by atoms with E-state index in [0.29, 0.717) is 18.7 Å². The number of pyridine rings is 1. The average Bonchev–Trinajstić information content (AvgIpc) is 2.38. The van der Waals surface area contributed by atoms with E-state index >= 15 is 0 Å². The van der Waals surface area contributed by atoms with Crippen molar-refractivity contribution in [2.75, 3.05) is 6.54 Å². The van der Waals surface area contributed by atoms with Gasteiger partial charge >= 0.3 is 6.18 Å². The van der Waals surface area contributed by atoms with Crippen molar-refractivity contribution in [3.63, 3.8) is 0 Å². The second-order valence-corrected chi connectivity index (χ2v) is 3.86. The first-order chi connectivity index (χ1) is 8.88. The SMILES string of the molecule is CCC(=O)N(CC)NCc1ccc(C(F)(F)F)cn1. The molecule has 0 unspecified atom stereocenters. The summed E-state index contributed by atoms with van der Waals surface area (Å²) in [7, 11) is 0. The van der Waals surface area contributed by atoms with Crippen LogP contribution in [0.15, 0.2) is 18.3 Å². The first kappa shape index (κ1) is 15.4. The normalized spacial score (nSPS) is 11.4. The van der Waals surface area contributed by atoms with E-state index in [2.05, 4.69) is 10.4 Å². The van der Waals surface area contributed by atoms with Gasteiger partial charge in [-0.25, -0.2) is 5.43 Å². The molecule has 7 heteroatoms. The maximum Gasteiger partial charge on any atom is 0.417 e. The predicted octanol–water partition coefficient (Wildman–Crippen LogP) is 2.36. The van der Waals surface area contributed by atoms with Crippen LogP contribution in [0.25, 0.3) is 0 Å².